The summed E-state index contributed by atoms with van der Waals surface area (Å²) < 4.78 is 27.6. The normalized spacial score (nSPS) is 15.7. The van der Waals surface area contributed by atoms with E-state index in [9.17, 15) is 13.2 Å². The number of benzene rings is 1. The molecule has 0 unspecified atom stereocenters. The maximum atomic E-state index is 12.7. The molecule has 1 saturated heterocycles. The Morgan fingerprint density at radius 3 is 2.57 bits per heavy atom. The fourth-order valence-corrected chi connectivity index (χ4v) is 5.67. The zero-order chi connectivity index (χ0) is 16.4. The van der Waals surface area contributed by atoms with Crippen molar-refractivity contribution in [2.75, 3.05) is 18.4 Å². The lowest BCUT2D eigenvalue weighted by Crippen LogP contribution is -2.29. The summed E-state index contributed by atoms with van der Waals surface area (Å²) in [6.07, 6.45) is 1.73. The number of anilines is 1. The van der Waals surface area contributed by atoms with Crippen molar-refractivity contribution >= 4 is 48.9 Å². The van der Waals surface area contributed by atoms with E-state index in [-0.39, 0.29) is 9.77 Å². The highest BCUT2D eigenvalue weighted by atomic mass is 79.9. The summed E-state index contributed by atoms with van der Waals surface area (Å²) in [7, 11) is -3.60. The van der Waals surface area contributed by atoms with Crippen molar-refractivity contribution in [1.29, 1.82) is 0 Å². The maximum Gasteiger partial charge on any atom is 0.267 e. The van der Waals surface area contributed by atoms with E-state index in [0.29, 0.717) is 18.8 Å². The molecule has 1 aromatic carbocycles. The minimum Gasteiger partial charge on any atom is -0.320 e. The number of para-hydroxylation sites is 1. The Hall–Kier alpha value is -1.22. The van der Waals surface area contributed by atoms with Gasteiger partial charge in [0.1, 0.15) is 9.77 Å². The minimum absolute atomic E-state index is 0.0916. The third-order valence-corrected chi connectivity index (χ3v) is 7.32. The molecule has 0 aliphatic carbocycles. The van der Waals surface area contributed by atoms with Gasteiger partial charge in [-0.15, -0.1) is 11.3 Å². The van der Waals surface area contributed by atoms with Gasteiger partial charge in [0.2, 0.25) is 10.0 Å². The van der Waals surface area contributed by atoms with Crippen LogP contribution in [0.25, 0.3) is 0 Å². The molecule has 23 heavy (non-hydrogen) atoms. The van der Waals surface area contributed by atoms with Crippen molar-refractivity contribution in [3.8, 4) is 0 Å². The summed E-state index contributed by atoms with van der Waals surface area (Å²) in [6, 6.07) is 8.72. The summed E-state index contributed by atoms with van der Waals surface area (Å²) >= 11 is 4.50. The van der Waals surface area contributed by atoms with Crippen molar-refractivity contribution < 1.29 is 13.2 Å². The van der Waals surface area contributed by atoms with Crippen LogP contribution in [-0.4, -0.2) is 31.7 Å². The Balaban J connectivity index is 1.89. The van der Waals surface area contributed by atoms with Gasteiger partial charge >= 0.3 is 0 Å². The number of nitrogens with one attached hydrogen (secondary N) is 1. The number of sulfonamides is 1. The van der Waals surface area contributed by atoms with Gasteiger partial charge in [-0.1, -0.05) is 12.1 Å². The molecule has 3 rings (SSSR count). The zero-order valence-corrected chi connectivity index (χ0v) is 15.4. The largest absolute Gasteiger partial charge is 0.320 e. The average molecular weight is 415 g/mol. The second-order valence-electron chi connectivity index (χ2n) is 5.16. The molecule has 1 aliphatic heterocycles. The van der Waals surface area contributed by atoms with Gasteiger partial charge in [-0.2, -0.15) is 4.31 Å². The van der Waals surface area contributed by atoms with E-state index >= 15 is 0 Å². The van der Waals surface area contributed by atoms with Crippen LogP contribution in [0.4, 0.5) is 5.69 Å². The van der Waals surface area contributed by atoms with Crippen molar-refractivity contribution in [3.05, 3.63) is 45.1 Å². The summed E-state index contributed by atoms with van der Waals surface area (Å²) in [6.45, 7) is 1.03. The highest BCUT2D eigenvalue weighted by molar-refractivity contribution is 9.10. The SMILES string of the molecule is O=C(Nc1ccccc1Br)c1sccc1S(=O)(=O)N1CCCC1. The van der Waals surface area contributed by atoms with Gasteiger partial charge in [0.05, 0.1) is 5.69 Å². The Kier molecular flexibility index (Phi) is 4.86. The molecule has 2 aromatic rings. The van der Waals surface area contributed by atoms with Crippen LogP contribution in [0.3, 0.4) is 0 Å². The number of nitrogens with zero attached hydrogens (tertiary/aromatic N) is 1. The van der Waals surface area contributed by atoms with Crippen LogP contribution in [0, 0.1) is 0 Å². The van der Waals surface area contributed by atoms with Gasteiger partial charge in [0, 0.05) is 17.6 Å². The third kappa shape index (κ3) is 3.35. The number of halogens is 1. The number of rotatable bonds is 4. The average Bonchev–Trinajstić information content (AvgIpc) is 3.21. The van der Waals surface area contributed by atoms with Gasteiger partial charge in [-0.25, -0.2) is 8.42 Å². The molecule has 0 saturated carbocycles. The van der Waals surface area contributed by atoms with Crippen LogP contribution in [-0.2, 0) is 10.0 Å². The number of hydrogen-bond acceptors (Lipinski definition) is 4. The van der Waals surface area contributed by atoms with Gasteiger partial charge in [0.25, 0.3) is 5.91 Å². The van der Waals surface area contributed by atoms with Crippen molar-refractivity contribution in [2.24, 2.45) is 0 Å². The molecule has 1 N–H and O–H groups in total. The topological polar surface area (TPSA) is 66.5 Å². The Morgan fingerprint density at radius 2 is 1.87 bits per heavy atom. The van der Waals surface area contributed by atoms with Crippen LogP contribution < -0.4 is 5.32 Å². The predicted octanol–water partition coefficient (Wildman–Crippen LogP) is 3.55. The van der Waals surface area contributed by atoms with E-state index in [0.717, 1.165) is 28.7 Å². The number of amides is 1. The Labute approximate surface area is 147 Å². The van der Waals surface area contributed by atoms with Gasteiger partial charge in [-0.3, -0.25) is 4.79 Å². The second-order valence-corrected chi connectivity index (χ2v) is 8.84. The highest BCUT2D eigenvalue weighted by Crippen LogP contribution is 2.29. The first-order valence-electron chi connectivity index (χ1n) is 7.13. The molecule has 0 bridgehead atoms. The highest BCUT2D eigenvalue weighted by Gasteiger charge is 2.31. The number of hydrogen-bond donors (Lipinski definition) is 1. The van der Waals surface area contributed by atoms with Crippen molar-refractivity contribution in [3.63, 3.8) is 0 Å². The van der Waals surface area contributed by atoms with Gasteiger partial charge in [0.15, 0.2) is 0 Å². The van der Waals surface area contributed by atoms with E-state index in [1.807, 2.05) is 12.1 Å². The first-order chi connectivity index (χ1) is 11.0. The van der Waals surface area contributed by atoms with E-state index in [4.69, 9.17) is 0 Å². The standard InChI is InChI=1S/C15H15BrN2O3S2/c16-11-5-1-2-6-12(11)17-15(19)14-13(7-10-22-14)23(20,21)18-8-3-4-9-18/h1-2,5-7,10H,3-4,8-9H2,(H,17,19). The number of thiophene rings is 1. The smallest absolute Gasteiger partial charge is 0.267 e. The first-order valence-corrected chi connectivity index (χ1v) is 10.2. The third-order valence-electron chi connectivity index (χ3n) is 3.64. The maximum absolute atomic E-state index is 12.7. The molecule has 0 atom stereocenters. The molecule has 0 radical (unpaired) electrons. The zero-order valence-electron chi connectivity index (χ0n) is 12.2. The lowest BCUT2D eigenvalue weighted by atomic mass is 10.3. The number of carbonyl (C=O) groups excluding carboxylic acids is 1. The molecular formula is C15H15BrN2O3S2. The van der Waals surface area contributed by atoms with Crippen LogP contribution in [0.15, 0.2) is 45.1 Å². The van der Waals surface area contributed by atoms with Crippen LogP contribution in [0.2, 0.25) is 0 Å². The number of carbonyl (C=O) groups is 1. The molecule has 1 amide bonds. The second kappa shape index (κ2) is 6.72. The Bertz CT molecular complexity index is 827. The van der Waals surface area contributed by atoms with Crippen molar-refractivity contribution in [1.82, 2.24) is 4.31 Å². The van der Waals surface area contributed by atoms with Crippen LogP contribution >= 0.6 is 27.3 Å². The van der Waals surface area contributed by atoms with Crippen LogP contribution in [0.5, 0.6) is 0 Å². The molecule has 122 valence electrons. The van der Waals surface area contributed by atoms with E-state index in [2.05, 4.69) is 21.2 Å². The lowest BCUT2D eigenvalue weighted by Gasteiger charge is -2.15. The summed E-state index contributed by atoms with van der Waals surface area (Å²) in [5.74, 6) is -0.412. The van der Waals surface area contributed by atoms with Gasteiger partial charge in [-0.05, 0) is 52.4 Å². The monoisotopic (exact) mass is 414 g/mol. The molecule has 2 heterocycles. The fourth-order valence-electron chi connectivity index (χ4n) is 2.48. The Morgan fingerprint density at radius 1 is 1.17 bits per heavy atom. The van der Waals surface area contributed by atoms with Gasteiger partial charge < -0.3 is 5.32 Å². The first kappa shape index (κ1) is 16.6. The van der Waals surface area contributed by atoms with Crippen LogP contribution in [0.1, 0.15) is 22.5 Å². The molecular weight excluding hydrogens is 400 g/mol. The minimum atomic E-state index is -3.60. The molecule has 1 aliphatic rings. The summed E-state index contributed by atoms with van der Waals surface area (Å²) in [4.78, 5) is 12.8. The van der Waals surface area contributed by atoms with E-state index in [1.54, 1.807) is 17.5 Å². The summed E-state index contributed by atoms with van der Waals surface area (Å²) in [5, 5.41) is 4.39. The fraction of sp³-hybridized carbons (Fsp3) is 0.267. The molecule has 1 aromatic heterocycles. The lowest BCUT2D eigenvalue weighted by molar-refractivity contribution is 0.102. The summed E-state index contributed by atoms with van der Waals surface area (Å²) in [5.41, 5.74) is 0.607. The van der Waals surface area contributed by atoms with Crippen molar-refractivity contribution in [2.45, 2.75) is 17.7 Å². The molecule has 5 nitrogen and oxygen atoms in total. The molecule has 0 spiro atoms. The molecule has 8 heteroatoms. The predicted molar refractivity (Wildman–Crippen MR) is 94.4 cm³/mol. The molecule has 1 fully saturated rings. The quantitative estimate of drug-likeness (QED) is 0.831. The van der Waals surface area contributed by atoms with E-state index < -0.39 is 15.9 Å². The van der Waals surface area contributed by atoms with E-state index in [1.165, 1.54) is 10.4 Å².